The van der Waals surface area contributed by atoms with Gasteiger partial charge in [0.25, 0.3) is 0 Å². The summed E-state index contributed by atoms with van der Waals surface area (Å²) < 4.78 is 5.05. The zero-order chi connectivity index (χ0) is 14.6. The summed E-state index contributed by atoms with van der Waals surface area (Å²) in [6, 6.07) is 2.89. The predicted octanol–water partition coefficient (Wildman–Crippen LogP) is 0.0621. The topological polar surface area (TPSA) is 94.8 Å². The van der Waals surface area contributed by atoms with Gasteiger partial charge in [0, 0.05) is 13.1 Å². The van der Waals surface area contributed by atoms with Crippen molar-refractivity contribution < 1.29 is 19.1 Å². The summed E-state index contributed by atoms with van der Waals surface area (Å²) >= 11 is 0. The molecule has 1 aromatic heterocycles. The summed E-state index contributed by atoms with van der Waals surface area (Å²) in [4.78, 5) is 24.9. The number of hydrogen-bond acceptors (Lipinski definition) is 5. The number of rotatable bonds is 5. The molecule has 0 saturated carbocycles. The molecule has 1 fully saturated rings. The number of furan rings is 1. The highest BCUT2D eigenvalue weighted by Gasteiger charge is 2.39. The lowest BCUT2D eigenvalue weighted by atomic mass is 9.91. The normalized spacial score (nSPS) is 17.3. The van der Waals surface area contributed by atoms with Gasteiger partial charge in [-0.3, -0.25) is 15.0 Å². The molecule has 1 aliphatic rings. The van der Waals surface area contributed by atoms with Crippen LogP contribution in [0.15, 0.2) is 22.8 Å². The summed E-state index contributed by atoms with van der Waals surface area (Å²) in [5.74, 6) is 0.225. The van der Waals surface area contributed by atoms with Crippen molar-refractivity contribution in [2.45, 2.75) is 25.5 Å². The van der Waals surface area contributed by atoms with E-state index in [0.29, 0.717) is 25.3 Å². The molecule has 1 aromatic rings. The standard InChI is InChI=1S/C13H19N3O4/c1-2-13(19)8-16(9-13)7-11(17)15-12(18)14-6-10-4-3-5-20-10/h3-5,19H,2,6-9H2,1H3,(H2,14,15,17,18). The largest absolute Gasteiger partial charge is 0.467 e. The van der Waals surface area contributed by atoms with E-state index in [4.69, 9.17) is 4.42 Å². The molecule has 0 unspecified atom stereocenters. The van der Waals surface area contributed by atoms with Crippen molar-refractivity contribution in [2.24, 2.45) is 0 Å². The van der Waals surface area contributed by atoms with Crippen molar-refractivity contribution in [3.8, 4) is 0 Å². The molecule has 0 bridgehead atoms. The number of nitrogens with zero attached hydrogens (tertiary/aromatic N) is 1. The van der Waals surface area contributed by atoms with E-state index in [2.05, 4.69) is 10.6 Å². The number of amides is 3. The van der Waals surface area contributed by atoms with E-state index in [0.717, 1.165) is 0 Å². The first-order chi connectivity index (χ1) is 9.50. The molecule has 2 heterocycles. The molecule has 0 spiro atoms. The van der Waals surface area contributed by atoms with Crippen LogP contribution in [0.5, 0.6) is 0 Å². The fourth-order valence-electron chi connectivity index (χ4n) is 2.12. The van der Waals surface area contributed by atoms with E-state index < -0.39 is 11.6 Å². The number of carbonyl (C=O) groups is 2. The Labute approximate surface area is 116 Å². The number of urea groups is 1. The number of aliphatic hydroxyl groups is 1. The first kappa shape index (κ1) is 14.5. The van der Waals surface area contributed by atoms with Gasteiger partial charge in [-0.1, -0.05) is 6.92 Å². The lowest BCUT2D eigenvalue weighted by Crippen LogP contribution is -2.63. The lowest BCUT2D eigenvalue weighted by Gasteiger charge is -2.45. The van der Waals surface area contributed by atoms with Crippen molar-refractivity contribution in [1.29, 1.82) is 0 Å². The van der Waals surface area contributed by atoms with Gasteiger partial charge in [-0.15, -0.1) is 0 Å². The van der Waals surface area contributed by atoms with Gasteiger partial charge >= 0.3 is 6.03 Å². The maximum absolute atomic E-state index is 11.6. The highest BCUT2D eigenvalue weighted by molar-refractivity contribution is 5.95. The SMILES string of the molecule is CCC1(O)CN(CC(=O)NC(=O)NCc2ccco2)C1. The maximum Gasteiger partial charge on any atom is 0.321 e. The van der Waals surface area contributed by atoms with Gasteiger partial charge in [-0.2, -0.15) is 0 Å². The Morgan fingerprint density at radius 1 is 1.50 bits per heavy atom. The third kappa shape index (κ3) is 3.82. The van der Waals surface area contributed by atoms with Gasteiger partial charge in [-0.25, -0.2) is 4.79 Å². The van der Waals surface area contributed by atoms with E-state index in [-0.39, 0.29) is 19.0 Å². The summed E-state index contributed by atoms with van der Waals surface area (Å²) in [5, 5.41) is 14.6. The number of likely N-dealkylation sites (tertiary alicyclic amines) is 1. The monoisotopic (exact) mass is 281 g/mol. The quantitative estimate of drug-likeness (QED) is 0.709. The number of β-amino-alcohol motifs (C(OH)–C–C–N with tert-alkyl or cyclic N) is 1. The molecule has 20 heavy (non-hydrogen) atoms. The molecule has 0 aliphatic carbocycles. The van der Waals surface area contributed by atoms with E-state index in [1.165, 1.54) is 6.26 Å². The van der Waals surface area contributed by atoms with Crippen molar-refractivity contribution in [1.82, 2.24) is 15.5 Å². The molecule has 0 radical (unpaired) electrons. The van der Waals surface area contributed by atoms with Gasteiger partial charge in [0.1, 0.15) is 5.76 Å². The van der Waals surface area contributed by atoms with Crippen LogP contribution in [0.1, 0.15) is 19.1 Å². The van der Waals surface area contributed by atoms with Crippen LogP contribution >= 0.6 is 0 Å². The highest BCUT2D eigenvalue weighted by Crippen LogP contribution is 2.23. The minimum atomic E-state index is -0.679. The fourth-order valence-corrected chi connectivity index (χ4v) is 2.12. The molecule has 0 aromatic carbocycles. The highest BCUT2D eigenvalue weighted by atomic mass is 16.3. The molecule has 3 N–H and O–H groups in total. The second-order valence-corrected chi connectivity index (χ2v) is 5.03. The summed E-state index contributed by atoms with van der Waals surface area (Å²) in [7, 11) is 0. The summed E-state index contributed by atoms with van der Waals surface area (Å²) in [6.45, 7) is 3.16. The smallest absolute Gasteiger partial charge is 0.321 e. The van der Waals surface area contributed by atoms with E-state index in [1.54, 1.807) is 17.0 Å². The Hall–Kier alpha value is -1.86. The van der Waals surface area contributed by atoms with Gasteiger partial charge in [0.15, 0.2) is 0 Å². The molecule has 1 saturated heterocycles. The molecule has 3 amide bonds. The average molecular weight is 281 g/mol. The van der Waals surface area contributed by atoms with Crippen LogP contribution < -0.4 is 10.6 Å². The van der Waals surface area contributed by atoms with Gasteiger partial charge in [0.05, 0.1) is 25.0 Å². The number of hydrogen-bond donors (Lipinski definition) is 3. The Bertz CT molecular complexity index is 466. The Balaban J connectivity index is 1.63. The molecular formula is C13H19N3O4. The van der Waals surface area contributed by atoms with Crippen LogP contribution in [-0.2, 0) is 11.3 Å². The first-order valence-corrected chi connectivity index (χ1v) is 6.55. The second-order valence-electron chi connectivity index (χ2n) is 5.03. The fraction of sp³-hybridized carbons (Fsp3) is 0.538. The Kier molecular flexibility index (Phi) is 4.41. The molecular weight excluding hydrogens is 262 g/mol. The second kappa shape index (κ2) is 6.06. The predicted molar refractivity (Wildman–Crippen MR) is 70.8 cm³/mol. The molecule has 7 nitrogen and oxygen atoms in total. The van der Waals surface area contributed by atoms with Gasteiger partial charge in [-0.05, 0) is 18.6 Å². The molecule has 1 aliphatic heterocycles. The molecule has 7 heteroatoms. The zero-order valence-corrected chi connectivity index (χ0v) is 11.4. The summed E-state index contributed by atoms with van der Waals surface area (Å²) in [6.07, 6.45) is 2.17. The van der Waals surface area contributed by atoms with Crippen LogP contribution in [0.25, 0.3) is 0 Å². The van der Waals surface area contributed by atoms with Crippen molar-refractivity contribution in [2.75, 3.05) is 19.6 Å². The minimum Gasteiger partial charge on any atom is -0.467 e. The number of carbonyl (C=O) groups excluding carboxylic acids is 2. The van der Waals surface area contributed by atoms with Gasteiger partial charge < -0.3 is 14.8 Å². The third-order valence-corrected chi connectivity index (χ3v) is 3.32. The van der Waals surface area contributed by atoms with Crippen LogP contribution in [0.2, 0.25) is 0 Å². The summed E-state index contributed by atoms with van der Waals surface area (Å²) in [5.41, 5.74) is -0.679. The molecule has 110 valence electrons. The van der Waals surface area contributed by atoms with E-state index in [1.807, 2.05) is 6.92 Å². The van der Waals surface area contributed by atoms with Crippen LogP contribution in [0.3, 0.4) is 0 Å². The van der Waals surface area contributed by atoms with Crippen LogP contribution in [0.4, 0.5) is 4.79 Å². The maximum atomic E-state index is 11.6. The Morgan fingerprint density at radius 3 is 2.85 bits per heavy atom. The van der Waals surface area contributed by atoms with E-state index in [9.17, 15) is 14.7 Å². The minimum absolute atomic E-state index is 0.108. The molecule has 0 atom stereocenters. The van der Waals surface area contributed by atoms with Gasteiger partial charge in [0.2, 0.25) is 5.91 Å². The van der Waals surface area contributed by atoms with Crippen molar-refractivity contribution in [3.05, 3.63) is 24.2 Å². The van der Waals surface area contributed by atoms with Crippen molar-refractivity contribution >= 4 is 11.9 Å². The van der Waals surface area contributed by atoms with Crippen LogP contribution in [0, 0.1) is 0 Å². The molecule has 2 rings (SSSR count). The number of nitrogens with one attached hydrogen (secondary N) is 2. The average Bonchev–Trinajstić information content (AvgIpc) is 2.87. The van der Waals surface area contributed by atoms with Crippen molar-refractivity contribution in [3.63, 3.8) is 0 Å². The Morgan fingerprint density at radius 2 is 2.25 bits per heavy atom. The van der Waals surface area contributed by atoms with Crippen LogP contribution in [-0.4, -0.2) is 47.2 Å². The zero-order valence-electron chi connectivity index (χ0n) is 11.4. The first-order valence-electron chi connectivity index (χ1n) is 6.55. The third-order valence-electron chi connectivity index (χ3n) is 3.32. The lowest BCUT2D eigenvalue weighted by molar-refractivity contribution is -0.132. The number of imide groups is 1. The van der Waals surface area contributed by atoms with E-state index >= 15 is 0 Å².